The monoisotopic (exact) mass is 529 g/mol. The molecule has 2 aromatic carbocycles. The summed E-state index contributed by atoms with van der Waals surface area (Å²) in [7, 11) is 1.81. The van der Waals surface area contributed by atoms with Crippen LogP contribution in [0.2, 0.25) is 10.0 Å². The first-order chi connectivity index (χ1) is 16.2. The third-order valence-electron chi connectivity index (χ3n) is 4.41. The smallest absolute Gasteiger partial charge is 0.354 e. The molecular formula is C21H20Cl2F3N7S. The van der Waals surface area contributed by atoms with Gasteiger partial charge >= 0.3 is 6.18 Å². The summed E-state index contributed by atoms with van der Waals surface area (Å²) in [4.78, 5) is 11.6. The first-order valence-corrected chi connectivity index (χ1v) is 11.1. The lowest BCUT2D eigenvalue weighted by atomic mass is 10.2. The van der Waals surface area contributed by atoms with Gasteiger partial charge in [-0.2, -0.15) is 13.2 Å². The molecule has 0 amide bonds. The Kier molecular flexibility index (Phi) is 8.72. The van der Waals surface area contributed by atoms with Crippen LogP contribution in [0.4, 0.5) is 42.0 Å². The summed E-state index contributed by atoms with van der Waals surface area (Å²) in [6.45, 7) is 1.24. The van der Waals surface area contributed by atoms with Crippen molar-refractivity contribution in [3.05, 3.63) is 62.7 Å². The van der Waals surface area contributed by atoms with Gasteiger partial charge in [0.2, 0.25) is 5.95 Å². The zero-order chi connectivity index (χ0) is 24.7. The van der Waals surface area contributed by atoms with Crippen LogP contribution in [0.15, 0.2) is 47.5 Å². The molecule has 0 saturated carbocycles. The Bertz CT molecular complexity index is 1190. The highest BCUT2D eigenvalue weighted by atomic mass is 35.5. The molecule has 3 aromatic rings. The molecular weight excluding hydrogens is 510 g/mol. The first-order valence-electron chi connectivity index (χ1n) is 9.89. The Morgan fingerprint density at radius 3 is 2.38 bits per heavy atom. The van der Waals surface area contributed by atoms with E-state index < -0.39 is 11.7 Å². The number of nitrogens with one attached hydrogen (secondary N) is 5. The average molecular weight is 530 g/mol. The second-order valence-electron chi connectivity index (χ2n) is 6.84. The van der Waals surface area contributed by atoms with Crippen LogP contribution in [-0.4, -0.2) is 36.4 Å². The van der Waals surface area contributed by atoms with Crippen molar-refractivity contribution in [1.29, 1.82) is 0 Å². The number of anilines is 4. The number of rotatable bonds is 9. The summed E-state index contributed by atoms with van der Waals surface area (Å²) in [6.07, 6.45) is -3.08. The van der Waals surface area contributed by atoms with E-state index in [2.05, 4.69) is 36.2 Å². The van der Waals surface area contributed by atoms with Gasteiger partial charge in [-0.15, -0.1) is 0 Å². The van der Waals surface area contributed by atoms with Crippen LogP contribution in [-0.2, 0) is 6.18 Å². The molecule has 3 rings (SSSR count). The molecule has 0 aliphatic carbocycles. The summed E-state index contributed by atoms with van der Waals surface area (Å²) < 4.78 is 38.9. The topological polar surface area (TPSA) is 89.2 Å². The van der Waals surface area contributed by atoms with Gasteiger partial charge in [-0.3, -0.25) is 0 Å². The van der Waals surface area contributed by atoms with Crippen molar-refractivity contribution in [2.24, 2.45) is 4.99 Å². The number of halogens is 5. The fourth-order valence-corrected chi connectivity index (χ4v) is 3.50. The second-order valence-corrected chi connectivity index (χ2v) is 8.04. The molecule has 1 aromatic heterocycles. The minimum absolute atomic E-state index is 0.192. The molecule has 0 unspecified atom stereocenters. The fourth-order valence-electron chi connectivity index (χ4n) is 2.75. The van der Waals surface area contributed by atoms with Crippen molar-refractivity contribution >= 4 is 70.6 Å². The third-order valence-corrected chi connectivity index (χ3v) is 5.32. The minimum atomic E-state index is -4.43. The van der Waals surface area contributed by atoms with Gasteiger partial charge in [-0.05, 0) is 43.4 Å². The average Bonchev–Trinajstić information content (AvgIpc) is 2.77. The highest BCUT2D eigenvalue weighted by molar-refractivity contribution is 7.71. The summed E-state index contributed by atoms with van der Waals surface area (Å²) in [5.41, 5.74) is 0.363. The number of alkyl halides is 3. The zero-order valence-corrected chi connectivity index (χ0v) is 20.1. The van der Waals surface area contributed by atoms with E-state index in [9.17, 15) is 13.2 Å². The molecule has 0 fully saturated rings. The van der Waals surface area contributed by atoms with Crippen molar-refractivity contribution in [2.45, 2.75) is 6.18 Å². The van der Waals surface area contributed by atoms with E-state index in [-0.39, 0.29) is 4.64 Å². The first kappa shape index (κ1) is 25.8. The predicted octanol–water partition coefficient (Wildman–Crippen LogP) is 6.61. The molecule has 0 aliphatic rings. The van der Waals surface area contributed by atoms with E-state index in [1.54, 1.807) is 18.2 Å². The Morgan fingerprint density at radius 2 is 1.76 bits per heavy atom. The van der Waals surface area contributed by atoms with Crippen LogP contribution in [0.1, 0.15) is 5.56 Å². The normalized spacial score (nSPS) is 11.6. The van der Waals surface area contributed by atoms with Crippen molar-refractivity contribution < 1.29 is 13.2 Å². The van der Waals surface area contributed by atoms with E-state index >= 15 is 0 Å². The predicted molar refractivity (Wildman–Crippen MR) is 135 cm³/mol. The van der Waals surface area contributed by atoms with Crippen molar-refractivity contribution in [3.8, 4) is 0 Å². The molecule has 1 heterocycles. The largest absolute Gasteiger partial charge is 0.416 e. The molecule has 0 radical (unpaired) electrons. The van der Waals surface area contributed by atoms with Gasteiger partial charge in [0.25, 0.3) is 0 Å². The Hall–Kier alpha value is -2.86. The van der Waals surface area contributed by atoms with Crippen LogP contribution in [0.3, 0.4) is 0 Å². The molecule has 0 saturated heterocycles. The van der Waals surface area contributed by atoms with E-state index in [1.807, 2.05) is 7.05 Å². The number of hydrogen-bond acceptors (Lipinski definition) is 6. The number of likely N-dealkylation sites (N-methyl/N-ethyl adjacent to an activating group) is 1. The standard InChI is InChI=1S/C21H20Cl2F3N7S/c1-27-9-10-28-20-32-18(31-13-7-5-12(6-8-13)21(24,25)26)17(19(34)33-20)30-11-29-16-14(22)3-2-4-15(16)23/h2-8,11,27H,9-10H2,1H3,(H,29,30)(H3,28,31,32,33,34). The van der Waals surface area contributed by atoms with Gasteiger partial charge < -0.3 is 26.3 Å². The van der Waals surface area contributed by atoms with E-state index in [0.29, 0.717) is 52.0 Å². The van der Waals surface area contributed by atoms with E-state index in [4.69, 9.17) is 35.4 Å². The number of nitrogens with zero attached hydrogens (tertiary/aromatic N) is 2. The molecule has 5 N–H and O–H groups in total. The Labute approximate surface area is 208 Å². The molecule has 180 valence electrons. The van der Waals surface area contributed by atoms with Gasteiger partial charge in [0.15, 0.2) is 4.64 Å². The highest BCUT2D eigenvalue weighted by Gasteiger charge is 2.30. The Morgan fingerprint density at radius 1 is 1.09 bits per heavy atom. The number of benzene rings is 2. The second kappa shape index (κ2) is 11.5. The molecule has 34 heavy (non-hydrogen) atoms. The van der Waals surface area contributed by atoms with Crippen LogP contribution in [0, 0.1) is 4.64 Å². The van der Waals surface area contributed by atoms with E-state index in [1.165, 1.54) is 18.5 Å². The lowest BCUT2D eigenvalue weighted by Crippen LogP contribution is -2.19. The van der Waals surface area contributed by atoms with Gasteiger partial charge in [0.1, 0.15) is 17.2 Å². The molecule has 13 heteroatoms. The zero-order valence-electron chi connectivity index (χ0n) is 17.7. The molecule has 7 nitrogen and oxygen atoms in total. The quantitative estimate of drug-likeness (QED) is 0.0926. The Balaban J connectivity index is 1.91. The number of hydrogen-bond donors (Lipinski definition) is 5. The van der Waals surface area contributed by atoms with Crippen molar-refractivity contribution in [1.82, 2.24) is 15.3 Å². The number of aromatic nitrogens is 2. The molecule has 0 aliphatic heterocycles. The SMILES string of the molecule is CNCCNc1nc(=S)c(NC=Nc2c(Cl)cccc2Cl)c(Nc2ccc(C(F)(F)F)cc2)[nH]1. The number of para-hydroxylation sites is 1. The number of aromatic amines is 1. The van der Waals surface area contributed by atoms with Gasteiger partial charge in [-0.25, -0.2) is 9.98 Å². The maximum Gasteiger partial charge on any atom is 0.416 e. The maximum absolute atomic E-state index is 12.9. The maximum atomic E-state index is 12.9. The molecule has 0 atom stereocenters. The lowest BCUT2D eigenvalue weighted by Gasteiger charge is -2.15. The van der Waals surface area contributed by atoms with Gasteiger partial charge in [0, 0.05) is 18.8 Å². The van der Waals surface area contributed by atoms with Crippen LogP contribution >= 0.6 is 35.4 Å². The summed E-state index contributed by atoms with van der Waals surface area (Å²) in [5, 5.41) is 12.8. The van der Waals surface area contributed by atoms with Crippen molar-refractivity contribution in [2.75, 3.05) is 36.1 Å². The summed E-state index contributed by atoms with van der Waals surface area (Å²) >= 11 is 17.7. The molecule has 0 bridgehead atoms. The number of aliphatic imine (C=N–C) groups is 1. The van der Waals surface area contributed by atoms with Crippen LogP contribution < -0.4 is 21.3 Å². The number of H-pyrrole nitrogens is 1. The molecule has 0 spiro atoms. The van der Waals surface area contributed by atoms with Crippen LogP contribution in [0.5, 0.6) is 0 Å². The highest BCUT2D eigenvalue weighted by Crippen LogP contribution is 2.33. The van der Waals surface area contributed by atoms with Crippen molar-refractivity contribution in [3.63, 3.8) is 0 Å². The van der Waals surface area contributed by atoms with Gasteiger partial charge in [-0.1, -0.05) is 41.5 Å². The van der Waals surface area contributed by atoms with Gasteiger partial charge in [0.05, 0.1) is 21.9 Å². The summed E-state index contributed by atoms with van der Waals surface area (Å²) in [5.74, 6) is 0.745. The van der Waals surface area contributed by atoms with Crippen LogP contribution in [0.25, 0.3) is 0 Å². The lowest BCUT2D eigenvalue weighted by molar-refractivity contribution is -0.137. The fraction of sp³-hybridized carbons (Fsp3) is 0.190. The van der Waals surface area contributed by atoms with E-state index in [0.717, 1.165) is 12.1 Å². The summed E-state index contributed by atoms with van der Waals surface area (Å²) in [6, 6.07) is 9.60. The third kappa shape index (κ3) is 6.83. The minimum Gasteiger partial charge on any atom is -0.354 e.